The first-order chi connectivity index (χ1) is 12.2. The van der Waals surface area contributed by atoms with Gasteiger partial charge in [-0.1, -0.05) is 13.3 Å². The largest absolute Gasteiger partial charge is 0.381 e. The maximum absolute atomic E-state index is 5.80. The Morgan fingerprint density at radius 1 is 1.23 bits per heavy atom. The number of guanidine groups is 1. The van der Waals surface area contributed by atoms with E-state index in [2.05, 4.69) is 29.4 Å². The molecule has 154 valence electrons. The first kappa shape index (κ1) is 23.9. The van der Waals surface area contributed by atoms with Crippen LogP contribution in [0, 0.1) is 0 Å². The van der Waals surface area contributed by atoms with E-state index in [0.29, 0.717) is 12.6 Å². The number of aliphatic imine (C=N–C) groups is 1. The molecule has 0 radical (unpaired) electrons. The van der Waals surface area contributed by atoms with Crippen molar-refractivity contribution >= 4 is 29.9 Å². The summed E-state index contributed by atoms with van der Waals surface area (Å²) >= 11 is 0. The van der Waals surface area contributed by atoms with Crippen molar-refractivity contribution in [2.45, 2.75) is 64.0 Å². The molecule has 2 N–H and O–H groups in total. The van der Waals surface area contributed by atoms with Crippen LogP contribution in [0.15, 0.2) is 4.99 Å². The quantitative estimate of drug-likeness (QED) is 0.317. The molecule has 2 saturated heterocycles. The number of hydrogen-bond donors (Lipinski definition) is 2. The van der Waals surface area contributed by atoms with Gasteiger partial charge in [0.15, 0.2) is 5.96 Å². The summed E-state index contributed by atoms with van der Waals surface area (Å²) in [5, 5.41) is 7.03. The third-order valence-corrected chi connectivity index (χ3v) is 5.46. The van der Waals surface area contributed by atoms with Crippen molar-refractivity contribution in [3.05, 3.63) is 0 Å². The van der Waals surface area contributed by atoms with Gasteiger partial charge in [0.25, 0.3) is 0 Å². The number of nitrogens with one attached hydrogen (secondary N) is 2. The van der Waals surface area contributed by atoms with Gasteiger partial charge in [-0.3, -0.25) is 4.99 Å². The number of unbranched alkanes of at least 4 members (excludes halogenated alkanes) is 1. The maximum Gasteiger partial charge on any atom is 0.191 e. The van der Waals surface area contributed by atoms with Crippen molar-refractivity contribution in [3.8, 4) is 0 Å². The molecule has 0 aromatic carbocycles. The van der Waals surface area contributed by atoms with Crippen LogP contribution < -0.4 is 10.6 Å². The predicted octanol–water partition coefficient (Wildman–Crippen LogP) is 2.62. The molecule has 0 amide bonds. The summed E-state index contributed by atoms with van der Waals surface area (Å²) in [6, 6.07) is 0.517. The van der Waals surface area contributed by atoms with Gasteiger partial charge in [-0.15, -0.1) is 24.0 Å². The van der Waals surface area contributed by atoms with E-state index in [9.17, 15) is 0 Å². The van der Waals surface area contributed by atoms with E-state index in [4.69, 9.17) is 14.5 Å². The molecule has 7 heteroatoms. The van der Waals surface area contributed by atoms with Crippen LogP contribution in [0.1, 0.15) is 52.4 Å². The topological polar surface area (TPSA) is 58.1 Å². The van der Waals surface area contributed by atoms with Gasteiger partial charge in [0.2, 0.25) is 0 Å². The lowest BCUT2D eigenvalue weighted by Crippen LogP contribution is -2.49. The summed E-state index contributed by atoms with van der Waals surface area (Å²) in [6.45, 7) is 11.1. The highest BCUT2D eigenvalue weighted by Crippen LogP contribution is 2.24. The molecule has 26 heavy (non-hydrogen) atoms. The lowest BCUT2D eigenvalue weighted by atomic mass is 9.94. The molecule has 0 bridgehead atoms. The number of piperidine rings is 1. The second-order valence-electron chi connectivity index (χ2n) is 7.31. The Labute approximate surface area is 176 Å². The van der Waals surface area contributed by atoms with Gasteiger partial charge in [0.05, 0.1) is 12.1 Å². The minimum Gasteiger partial charge on any atom is -0.381 e. The number of rotatable bonds is 8. The number of nitrogens with zero attached hydrogens (tertiary/aromatic N) is 2. The van der Waals surface area contributed by atoms with Crippen molar-refractivity contribution < 1.29 is 9.47 Å². The molecule has 2 rings (SSSR count). The fourth-order valence-electron chi connectivity index (χ4n) is 3.59. The van der Waals surface area contributed by atoms with Gasteiger partial charge in [0, 0.05) is 58.8 Å². The molecule has 2 aliphatic rings. The van der Waals surface area contributed by atoms with Gasteiger partial charge < -0.3 is 25.0 Å². The van der Waals surface area contributed by atoms with Crippen molar-refractivity contribution in [2.24, 2.45) is 4.99 Å². The van der Waals surface area contributed by atoms with Gasteiger partial charge in [-0.2, -0.15) is 0 Å². The standard InChI is InChI=1S/C19H38N4O2.HI/c1-4-6-11-23-12-7-17(8-13-23)22-18(20-5-2)21-16-19(24-3)9-14-25-15-10-19;/h17H,4-16H2,1-3H3,(H2,20,21,22);1H. The van der Waals surface area contributed by atoms with Gasteiger partial charge in [-0.05, 0) is 32.7 Å². The molecule has 0 unspecified atom stereocenters. The first-order valence-corrected chi connectivity index (χ1v) is 10.1. The SMILES string of the molecule is CCCCN1CCC(NC(=NCC2(OC)CCOCC2)NCC)CC1.I. The number of methoxy groups -OCH3 is 1. The fraction of sp³-hybridized carbons (Fsp3) is 0.947. The molecule has 2 aliphatic heterocycles. The van der Waals surface area contributed by atoms with Gasteiger partial charge >= 0.3 is 0 Å². The van der Waals surface area contributed by atoms with Gasteiger partial charge in [-0.25, -0.2) is 0 Å². The Bertz CT molecular complexity index is 395. The zero-order valence-electron chi connectivity index (χ0n) is 16.9. The minimum absolute atomic E-state index is 0. The molecule has 0 aromatic heterocycles. The number of likely N-dealkylation sites (tertiary alicyclic amines) is 1. The number of hydrogen-bond acceptors (Lipinski definition) is 4. The second kappa shape index (κ2) is 13.1. The molecule has 0 atom stereocenters. The lowest BCUT2D eigenvalue weighted by molar-refractivity contribution is -0.0828. The number of halogens is 1. The zero-order valence-corrected chi connectivity index (χ0v) is 19.2. The van der Waals surface area contributed by atoms with E-state index in [0.717, 1.165) is 38.6 Å². The molecule has 6 nitrogen and oxygen atoms in total. The Hall–Kier alpha value is -0.120. The number of ether oxygens (including phenoxy) is 2. The van der Waals surface area contributed by atoms with E-state index in [-0.39, 0.29) is 29.6 Å². The predicted molar refractivity (Wildman–Crippen MR) is 119 cm³/mol. The third kappa shape index (κ3) is 7.86. The van der Waals surface area contributed by atoms with Gasteiger partial charge in [0.1, 0.15) is 0 Å². The van der Waals surface area contributed by atoms with Crippen LogP contribution in [0.25, 0.3) is 0 Å². The summed E-state index contributed by atoms with van der Waals surface area (Å²) in [7, 11) is 1.80. The average Bonchev–Trinajstić information content (AvgIpc) is 2.66. The van der Waals surface area contributed by atoms with Crippen LogP contribution >= 0.6 is 24.0 Å². The van der Waals surface area contributed by atoms with Crippen LogP contribution in [0.2, 0.25) is 0 Å². The van der Waals surface area contributed by atoms with Crippen molar-refractivity contribution in [1.82, 2.24) is 15.5 Å². The van der Waals surface area contributed by atoms with E-state index >= 15 is 0 Å². The lowest BCUT2D eigenvalue weighted by Gasteiger charge is -2.35. The minimum atomic E-state index is -0.163. The molecule has 0 aromatic rings. The van der Waals surface area contributed by atoms with E-state index in [1.807, 2.05) is 0 Å². The molecular weight excluding hydrogens is 443 g/mol. The molecule has 2 fully saturated rings. The smallest absolute Gasteiger partial charge is 0.191 e. The molecule has 2 heterocycles. The summed E-state index contributed by atoms with van der Waals surface area (Å²) in [5.41, 5.74) is -0.163. The Morgan fingerprint density at radius 3 is 2.50 bits per heavy atom. The van der Waals surface area contributed by atoms with Crippen molar-refractivity contribution in [2.75, 3.05) is 53.0 Å². The first-order valence-electron chi connectivity index (χ1n) is 10.1. The average molecular weight is 482 g/mol. The molecule has 0 aliphatic carbocycles. The monoisotopic (exact) mass is 482 g/mol. The Morgan fingerprint density at radius 2 is 1.92 bits per heavy atom. The summed E-state index contributed by atoms with van der Waals surface area (Å²) in [5.74, 6) is 0.928. The van der Waals surface area contributed by atoms with E-state index < -0.39 is 0 Å². The summed E-state index contributed by atoms with van der Waals surface area (Å²) < 4.78 is 11.3. The van der Waals surface area contributed by atoms with Crippen LogP contribution in [-0.2, 0) is 9.47 Å². The third-order valence-electron chi connectivity index (χ3n) is 5.46. The van der Waals surface area contributed by atoms with Crippen LogP contribution in [0.3, 0.4) is 0 Å². The highest BCUT2D eigenvalue weighted by molar-refractivity contribution is 14.0. The van der Waals surface area contributed by atoms with Crippen LogP contribution in [-0.4, -0.2) is 75.5 Å². The van der Waals surface area contributed by atoms with Crippen molar-refractivity contribution in [1.29, 1.82) is 0 Å². The Balaban J connectivity index is 0.00000338. The zero-order chi connectivity index (χ0) is 18.0. The highest BCUT2D eigenvalue weighted by atomic mass is 127. The summed E-state index contributed by atoms with van der Waals surface area (Å²) in [4.78, 5) is 7.43. The fourth-order valence-corrected chi connectivity index (χ4v) is 3.59. The van der Waals surface area contributed by atoms with Crippen molar-refractivity contribution in [3.63, 3.8) is 0 Å². The molecular formula is C19H39IN4O2. The summed E-state index contributed by atoms with van der Waals surface area (Å²) in [6.07, 6.45) is 6.81. The molecule has 0 spiro atoms. The van der Waals surface area contributed by atoms with E-state index in [1.54, 1.807) is 7.11 Å². The maximum atomic E-state index is 5.80. The van der Waals surface area contributed by atoms with E-state index in [1.165, 1.54) is 45.3 Å². The highest BCUT2D eigenvalue weighted by Gasteiger charge is 2.32. The van der Waals surface area contributed by atoms with Crippen LogP contribution in [0.4, 0.5) is 0 Å². The second-order valence-corrected chi connectivity index (χ2v) is 7.31. The molecule has 0 saturated carbocycles. The van der Waals surface area contributed by atoms with Crippen LogP contribution in [0.5, 0.6) is 0 Å². The normalized spacial score (nSPS) is 21.9. The Kier molecular flexibility index (Phi) is 12.1.